The van der Waals surface area contributed by atoms with E-state index in [0.717, 1.165) is 6.42 Å². The minimum Gasteiger partial charge on any atom is -0.351 e. The zero-order chi connectivity index (χ0) is 17.5. The van der Waals surface area contributed by atoms with Crippen molar-refractivity contribution >= 4 is 17.5 Å². The Balaban J connectivity index is 2.05. The molecule has 2 N–H and O–H groups in total. The molecule has 24 heavy (non-hydrogen) atoms. The lowest BCUT2D eigenvalue weighted by Crippen LogP contribution is -2.26. The Morgan fingerprint density at radius 1 is 1.17 bits per heavy atom. The highest BCUT2D eigenvalue weighted by atomic mass is 19.1. The summed E-state index contributed by atoms with van der Waals surface area (Å²) in [6, 6.07) is 8.75. The van der Waals surface area contributed by atoms with Crippen LogP contribution in [0, 0.1) is 11.7 Å². The molecule has 5 nitrogen and oxygen atoms in total. The summed E-state index contributed by atoms with van der Waals surface area (Å²) in [6.07, 6.45) is 2.24. The van der Waals surface area contributed by atoms with Gasteiger partial charge in [0, 0.05) is 18.3 Å². The summed E-state index contributed by atoms with van der Waals surface area (Å²) in [6.45, 7) is 4.68. The van der Waals surface area contributed by atoms with Crippen LogP contribution in [0.5, 0.6) is 0 Å². The van der Waals surface area contributed by atoms with E-state index in [1.165, 1.54) is 36.5 Å². The topological polar surface area (TPSA) is 71.1 Å². The molecular weight excluding hydrogens is 309 g/mol. The average Bonchev–Trinajstić information content (AvgIpc) is 2.56. The highest BCUT2D eigenvalue weighted by Crippen LogP contribution is 2.14. The molecule has 0 radical (unpaired) electrons. The van der Waals surface area contributed by atoms with Gasteiger partial charge in [-0.25, -0.2) is 4.39 Å². The van der Waals surface area contributed by atoms with Crippen LogP contribution in [-0.4, -0.2) is 23.3 Å². The van der Waals surface area contributed by atoms with Crippen LogP contribution in [0.3, 0.4) is 0 Å². The van der Waals surface area contributed by atoms with Crippen LogP contribution in [-0.2, 0) is 0 Å². The van der Waals surface area contributed by atoms with E-state index in [0.29, 0.717) is 12.5 Å². The number of halogens is 1. The van der Waals surface area contributed by atoms with Crippen molar-refractivity contribution in [2.45, 2.75) is 20.3 Å². The maximum atomic E-state index is 13.6. The number of amides is 2. The van der Waals surface area contributed by atoms with Crippen molar-refractivity contribution in [3.05, 3.63) is 59.7 Å². The molecular formula is C18H20FN3O2. The van der Waals surface area contributed by atoms with Crippen molar-refractivity contribution in [2.75, 3.05) is 11.9 Å². The molecule has 2 aromatic rings. The van der Waals surface area contributed by atoms with Crippen LogP contribution in [0.2, 0.25) is 0 Å². The fourth-order valence-corrected chi connectivity index (χ4v) is 2.02. The van der Waals surface area contributed by atoms with Gasteiger partial charge in [0.2, 0.25) is 0 Å². The Bertz CT molecular complexity index is 732. The predicted molar refractivity (Wildman–Crippen MR) is 90.4 cm³/mol. The third kappa shape index (κ3) is 4.87. The third-order valence-electron chi connectivity index (χ3n) is 3.38. The molecule has 0 spiro atoms. The number of rotatable bonds is 6. The van der Waals surface area contributed by atoms with Crippen LogP contribution in [0.25, 0.3) is 0 Å². The van der Waals surface area contributed by atoms with Gasteiger partial charge in [0.1, 0.15) is 11.5 Å². The zero-order valence-electron chi connectivity index (χ0n) is 13.7. The SMILES string of the molecule is CC(C)CCNC(=O)c1cc(C(=O)Nc2ccccc2F)ccn1. The lowest BCUT2D eigenvalue weighted by Gasteiger charge is -2.09. The Morgan fingerprint density at radius 2 is 1.92 bits per heavy atom. The quantitative estimate of drug-likeness (QED) is 0.854. The number of hydrogen-bond acceptors (Lipinski definition) is 3. The van der Waals surface area contributed by atoms with Crippen molar-refractivity contribution in [1.29, 1.82) is 0 Å². The number of pyridine rings is 1. The molecule has 2 rings (SSSR count). The Kier molecular flexibility index (Phi) is 6.01. The number of anilines is 1. The van der Waals surface area contributed by atoms with Gasteiger partial charge in [-0.1, -0.05) is 26.0 Å². The van der Waals surface area contributed by atoms with E-state index in [4.69, 9.17) is 0 Å². The smallest absolute Gasteiger partial charge is 0.269 e. The summed E-state index contributed by atoms with van der Waals surface area (Å²) < 4.78 is 13.6. The lowest BCUT2D eigenvalue weighted by atomic mass is 10.1. The molecule has 0 bridgehead atoms. The number of nitrogens with one attached hydrogen (secondary N) is 2. The molecule has 0 saturated carbocycles. The van der Waals surface area contributed by atoms with Crippen molar-refractivity contribution in [1.82, 2.24) is 10.3 Å². The number of nitrogens with zero attached hydrogens (tertiary/aromatic N) is 1. The zero-order valence-corrected chi connectivity index (χ0v) is 13.7. The molecule has 126 valence electrons. The van der Waals surface area contributed by atoms with Gasteiger partial charge in [-0.3, -0.25) is 14.6 Å². The monoisotopic (exact) mass is 329 g/mol. The van der Waals surface area contributed by atoms with E-state index in [2.05, 4.69) is 29.5 Å². The highest BCUT2D eigenvalue weighted by Gasteiger charge is 2.13. The molecule has 6 heteroatoms. The van der Waals surface area contributed by atoms with Gasteiger partial charge in [-0.15, -0.1) is 0 Å². The second kappa shape index (κ2) is 8.19. The Morgan fingerprint density at radius 3 is 2.62 bits per heavy atom. The van der Waals surface area contributed by atoms with Crippen molar-refractivity contribution in [3.63, 3.8) is 0 Å². The van der Waals surface area contributed by atoms with Gasteiger partial charge in [0.05, 0.1) is 5.69 Å². The van der Waals surface area contributed by atoms with E-state index in [1.807, 2.05) is 0 Å². The van der Waals surface area contributed by atoms with Gasteiger partial charge in [-0.2, -0.15) is 0 Å². The summed E-state index contributed by atoms with van der Waals surface area (Å²) in [5.74, 6) is -0.877. The number of carbonyl (C=O) groups is 2. The van der Waals surface area contributed by atoms with Gasteiger partial charge >= 0.3 is 0 Å². The maximum absolute atomic E-state index is 13.6. The first-order valence-corrected chi connectivity index (χ1v) is 7.77. The fourth-order valence-electron chi connectivity index (χ4n) is 2.02. The summed E-state index contributed by atoms with van der Waals surface area (Å²) >= 11 is 0. The lowest BCUT2D eigenvalue weighted by molar-refractivity contribution is 0.0947. The number of hydrogen-bond donors (Lipinski definition) is 2. The van der Waals surface area contributed by atoms with Crippen molar-refractivity contribution < 1.29 is 14.0 Å². The molecule has 0 unspecified atom stereocenters. The van der Waals surface area contributed by atoms with E-state index < -0.39 is 11.7 Å². The Hall–Kier alpha value is -2.76. The molecule has 1 heterocycles. The summed E-state index contributed by atoms with van der Waals surface area (Å²) in [5, 5.41) is 5.24. The molecule has 0 atom stereocenters. The first-order valence-electron chi connectivity index (χ1n) is 7.77. The molecule has 0 saturated heterocycles. The minimum absolute atomic E-state index is 0.0854. The largest absolute Gasteiger partial charge is 0.351 e. The third-order valence-corrected chi connectivity index (χ3v) is 3.38. The molecule has 2 amide bonds. The van der Waals surface area contributed by atoms with Gasteiger partial charge in [0.25, 0.3) is 11.8 Å². The first kappa shape index (κ1) is 17.6. The minimum atomic E-state index is -0.522. The molecule has 1 aromatic heterocycles. The predicted octanol–water partition coefficient (Wildman–Crippen LogP) is 3.25. The highest BCUT2D eigenvalue weighted by molar-refractivity contribution is 6.05. The summed E-state index contributed by atoms with van der Waals surface area (Å²) in [4.78, 5) is 28.2. The molecule has 0 aliphatic carbocycles. The molecule has 0 fully saturated rings. The van der Waals surface area contributed by atoms with E-state index in [-0.39, 0.29) is 22.9 Å². The van der Waals surface area contributed by atoms with Crippen molar-refractivity contribution in [3.8, 4) is 0 Å². The Labute approximate surface area is 140 Å². The maximum Gasteiger partial charge on any atom is 0.269 e. The van der Waals surface area contributed by atoms with E-state index in [9.17, 15) is 14.0 Å². The fraction of sp³-hybridized carbons (Fsp3) is 0.278. The summed E-state index contributed by atoms with van der Waals surface area (Å²) in [5.41, 5.74) is 0.476. The van der Waals surface area contributed by atoms with Crippen molar-refractivity contribution in [2.24, 2.45) is 5.92 Å². The van der Waals surface area contributed by atoms with Crippen LogP contribution in [0.1, 0.15) is 41.1 Å². The van der Waals surface area contributed by atoms with Gasteiger partial charge < -0.3 is 10.6 Å². The number of para-hydroxylation sites is 1. The normalized spacial score (nSPS) is 10.5. The summed E-state index contributed by atoms with van der Waals surface area (Å²) in [7, 11) is 0. The number of benzene rings is 1. The number of carbonyl (C=O) groups excluding carboxylic acids is 2. The van der Waals surface area contributed by atoms with Crippen LogP contribution >= 0.6 is 0 Å². The second-order valence-corrected chi connectivity index (χ2v) is 5.80. The van der Waals surface area contributed by atoms with E-state index in [1.54, 1.807) is 6.07 Å². The molecule has 0 aliphatic rings. The second-order valence-electron chi connectivity index (χ2n) is 5.80. The molecule has 0 aliphatic heterocycles. The van der Waals surface area contributed by atoms with Gasteiger partial charge in [-0.05, 0) is 36.6 Å². The van der Waals surface area contributed by atoms with Crippen LogP contribution in [0.15, 0.2) is 42.6 Å². The number of aromatic nitrogens is 1. The first-order chi connectivity index (χ1) is 11.5. The molecule has 1 aromatic carbocycles. The van der Waals surface area contributed by atoms with Gasteiger partial charge in [0.15, 0.2) is 0 Å². The van der Waals surface area contributed by atoms with Crippen LogP contribution in [0.4, 0.5) is 10.1 Å². The van der Waals surface area contributed by atoms with E-state index >= 15 is 0 Å². The standard InChI is InChI=1S/C18H20FN3O2/c1-12(2)7-9-21-18(24)16-11-13(8-10-20-16)17(23)22-15-6-4-3-5-14(15)19/h3-6,8,10-12H,7,9H2,1-2H3,(H,21,24)(H,22,23). The van der Waals surface area contributed by atoms with Crippen LogP contribution < -0.4 is 10.6 Å². The average molecular weight is 329 g/mol.